The molecule has 2 rings (SSSR count). The maximum Gasteiger partial charge on any atom is 0.0418 e. The fourth-order valence-electron chi connectivity index (χ4n) is 2.82. The van der Waals surface area contributed by atoms with E-state index in [9.17, 15) is 0 Å². The molecule has 1 aromatic carbocycles. The van der Waals surface area contributed by atoms with Crippen LogP contribution in [0.15, 0.2) is 30.3 Å². The van der Waals surface area contributed by atoms with E-state index in [0.29, 0.717) is 0 Å². The number of nitrogens with one attached hydrogen (secondary N) is 1. The third-order valence-corrected chi connectivity index (χ3v) is 4.23. The van der Waals surface area contributed by atoms with Gasteiger partial charge in [-0.15, -0.1) is 0 Å². The quantitative estimate of drug-likeness (QED) is 0.832. The van der Waals surface area contributed by atoms with Gasteiger partial charge >= 0.3 is 0 Å². The number of hydrogen-bond donors (Lipinski definition) is 1. The second-order valence-electron chi connectivity index (χ2n) is 6.82. The molecule has 0 radical (unpaired) electrons. The first kappa shape index (κ1) is 15.7. The molecule has 0 aliphatic heterocycles. The maximum absolute atomic E-state index is 3.53. The minimum absolute atomic E-state index is 0.213. The molecule has 0 unspecified atom stereocenters. The van der Waals surface area contributed by atoms with E-state index in [-0.39, 0.29) is 5.41 Å². The molecule has 0 aliphatic carbocycles. The van der Waals surface area contributed by atoms with Gasteiger partial charge in [0.15, 0.2) is 0 Å². The molecule has 2 heteroatoms. The molecule has 0 saturated heterocycles. The molecule has 114 valence electrons. The first-order chi connectivity index (χ1) is 9.82. The van der Waals surface area contributed by atoms with Crippen LogP contribution in [-0.4, -0.2) is 4.57 Å². The van der Waals surface area contributed by atoms with Crippen LogP contribution >= 0.6 is 0 Å². The molecule has 21 heavy (non-hydrogen) atoms. The lowest BCUT2D eigenvalue weighted by molar-refractivity contribution is 0.590. The Labute approximate surface area is 129 Å². The molecule has 0 amide bonds. The Morgan fingerprint density at radius 2 is 1.67 bits per heavy atom. The summed E-state index contributed by atoms with van der Waals surface area (Å²) in [6, 6.07) is 11.1. The number of hydrogen-bond acceptors (Lipinski definition) is 1. The van der Waals surface area contributed by atoms with Gasteiger partial charge in [0.05, 0.1) is 0 Å². The monoisotopic (exact) mass is 284 g/mol. The Morgan fingerprint density at radius 1 is 1.05 bits per heavy atom. The molecular formula is C19H28N2. The summed E-state index contributed by atoms with van der Waals surface area (Å²) in [6.07, 6.45) is 0. The lowest BCUT2D eigenvalue weighted by Gasteiger charge is -2.19. The minimum atomic E-state index is 0.213. The smallest absolute Gasteiger partial charge is 0.0418 e. The van der Waals surface area contributed by atoms with Gasteiger partial charge in [0, 0.05) is 30.2 Å². The van der Waals surface area contributed by atoms with Crippen LogP contribution in [-0.2, 0) is 18.5 Å². The van der Waals surface area contributed by atoms with E-state index in [2.05, 4.69) is 81.8 Å². The molecule has 0 bridgehead atoms. The first-order valence-electron chi connectivity index (χ1n) is 7.83. The second-order valence-corrected chi connectivity index (χ2v) is 6.82. The van der Waals surface area contributed by atoms with E-state index in [0.717, 1.165) is 13.1 Å². The highest BCUT2D eigenvalue weighted by molar-refractivity contribution is 5.46. The first-order valence-corrected chi connectivity index (χ1v) is 7.83. The van der Waals surface area contributed by atoms with Crippen molar-refractivity contribution in [2.45, 2.75) is 60.0 Å². The summed E-state index contributed by atoms with van der Waals surface area (Å²) in [6.45, 7) is 15.2. The molecule has 1 N–H and O–H groups in total. The van der Waals surface area contributed by atoms with E-state index in [1.54, 1.807) is 0 Å². The topological polar surface area (TPSA) is 17.0 Å². The molecular weight excluding hydrogens is 256 g/mol. The van der Waals surface area contributed by atoms with Crippen LogP contribution in [0.25, 0.3) is 0 Å². The van der Waals surface area contributed by atoms with Gasteiger partial charge in [0.25, 0.3) is 0 Å². The zero-order chi connectivity index (χ0) is 15.6. The van der Waals surface area contributed by atoms with Gasteiger partial charge in [-0.2, -0.15) is 0 Å². The zero-order valence-electron chi connectivity index (χ0n) is 14.2. The van der Waals surface area contributed by atoms with Crippen LogP contribution < -0.4 is 5.32 Å². The Bertz CT molecular complexity index is 598. The largest absolute Gasteiger partial charge is 0.381 e. The molecule has 0 aliphatic rings. The van der Waals surface area contributed by atoms with Crippen molar-refractivity contribution in [3.63, 3.8) is 0 Å². The van der Waals surface area contributed by atoms with Gasteiger partial charge in [0.2, 0.25) is 0 Å². The summed E-state index contributed by atoms with van der Waals surface area (Å²) in [5, 5.41) is 3.53. The predicted octanol–water partition coefficient (Wildman–Crippen LogP) is 5.03. The van der Waals surface area contributed by atoms with Crippen LogP contribution in [0.4, 0.5) is 5.69 Å². The summed E-state index contributed by atoms with van der Waals surface area (Å²) >= 11 is 0. The predicted molar refractivity (Wildman–Crippen MR) is 92.0 cm³/mol. The van der Waals surface area contributed by atoms with E-state index in [4.69, 9.17) is 0 Å². The number of anilines is 1. The highest BCUT2D eigenvalue weighted by Gasteiger charge is 2.13. The number of benzene rings is 1. The van der Waals surface area contributed by atoms with Gasteiger partial charge in [-0.25, -0.2) is 0 Å². The molecule has 1 aromatic heterocycles. The summed E-state index contributed by atoms with van der Waals surface area (Å²) in [7, 11) is 0. The normalized spacial score (nSPS) is 11.7. The van der Waals surface area contributed by atoms with Crippen molar-refractivity contribution in [1.29, 1.82) is 0 Å². The summed E-state index contributed by atoms with van der Waals surface area (Å²) in [5.41, 5.74) is 6.87. The van der Waals surface area contributed by atoms with Crippen LogP contribution in [0.2, 0.25) is 0 Å². The molecule has 2 nitrogen and oxygen atoms in total. The lowest BCUT2D eigenvalue weighted by atomic mass is 9.87. The third-order valence-electron chi connectivity index (χ3n) is 4.23. The SMILES string of the molecule is CCn1c(C)cc(CNc2ccc(C(C)(C)C)cc2)c1C. The van der Waals surface area contributed by atoms with Crippen LogP contribution in [0.1, 0.15) is 50.2 Å². The van der Waals surface area contributed by atoms with Gasteiger partial charge in [-0.1, -0.05) is 32.9 Å². The van der Waals surface area contributed by atoms with Crippen LogP contribution in [0, 0.1) is 13.8 Å². The van der Waals surface area contributed by atoms with Crippen LogP contribution in [0.3, 0.4) is 0 Å². The summed E-state index contributed by atoms with van der Waals surface area (Å²) < 4.78 is 2.36. The molecule has 0 spiro atoms. The maximum atomic E-state index is 3.53. The Balaban J connectivity index is 2.07. The van der Waals surface area contributed by atoms with Crippen molar-refractivity contribution >= 4 is 5.69 Å². The Hall–Kier alpha value is -1.70. The average molecular weight is 284 g/mol. The molecule has 0 atom stereocenters. The Morgan fingerprint density at radius 3 is 2.14 bits per heavy atom. The Kier molecular flexibility index (Phi) is 4.46. The third kappa shape index (κ3) is 3.49. The van der Waals surface area contributed by atoms with E-state index >= 15 is 0 Å². The van der Waals surface area contributed by atoms with Crippen molar-refractivity contribution in [3.05, 3.63) is 52.8 Å². The second kappa shape index (κ2) is 5.97. The van der Waals surface area contributed by atoms with Gasteiger partial charge < -0.3 is 9.88 Å². The van der Waals surface area contributed by atoms with E-state index in [1.165, 1.54) is 28.2 Å². The van der Waals surface area contributed by atoms with Crippen molar-refractivity contribution in [2.24, 2.45) is 0 Å². The average Bonchev–Trinajstić information content (AvgIpc) is 2.70. The summed E-state index contributed by atoms with van der Waals surface area (Å²) in [4.78, 5) is 0. The molecule has 0 saturated carbocycles. The molecule has 1 heterocycles. The highest BCUT2D eigenvalue weighted by Crippen LogP contribution is 2.24. The van der Waals surface area contributed by atoms with Crippen LogP contribution in [0.5, 0.6) is 0 Å². The van der Waals surface area contributed by atoms with Crippen molar-refractivity contribution in [1.82, 2.24) is 4.57 Å². The minimum Gasteiger partial charge on any atom is -0.381 e. The molecule has 2 aromatic rings. The van der Waals surface area contributed by atoms with Crippen molar-refractivity contribution < 1.29 is 0 Å². The van der Waals surface area contributed by atoms with Gasteiger partial charge in [-0.3, -0.25) is 0 Å². The summed E-state index contributed by atoms with van der Waals surface area (Å²) in [5.74, 6) is 0. The van der Waals surface area contributed by atoms with E-state index < -0.39 is 0 Å². The number of aromatic nitrogens is 1. The molecule has 0 fully saturated rings. The van der Waals surface area contributed by atoms with Gasteiger partial charge in [-0.05, 0) is 55.5 Å². The van der Waals surface area contributed by atoms with E-state index in [1.807, 2.05) is 0 Å². The van der Waals surface area contributed by atoms with Gasteiger partial charge in [0.1, 0.15) is 0 Å². The highest BCUT2D eigenvalue weighted by atomic mass is 15.0. The zero-order valence-corrected chi connectivity index (χ0v) is 14.2. The number of rotatable bonds is 4. The van der Waals surface area contributed by atoms with Crippen molar-refractivity contribution in [2.75, 3.05) is 5.32 Å². The fraction of sp³-hybridized carbons (Fsp3) is 0.474. The van der Waals surface area contributed by atoms with Crippen molar-refractivity contribution in [3.8, 4) is 0 Å². The standard InChI is InChI=1S/C19H28N2/c1-7-21-14(2)12-16(15(21)3)13-20-18-10-8-17(9-11-18)19(4,5)6/h8-12,20H,7,13H2,1-6H3. The lowest BCUT2D eigenvalue weighted by Crippen LogP contribution is -2.10. The fourth-order valence-corrected chi connectivity index (χ4v) is 2.82. The number of aryl methyl sites for hydroxylation is 1. The number of nitrogens with zero attached hydrogens (tertiary/aromatic N) is 1.